The van der Waals surface area contributed by atoms with Gasteiger partial charge < -0.3 is 4.74 Å². The van der Waals surface area contributed by atoms with E-state index in [-0.39, 0.29) is 0 Å². The molecule has 0 aliphatic carbocycles. The molecule has 0 unspecified atom stereocenters. The Labute approximate surface area is 112 Å². The summed E-state index contributed by atoms with van der Waals surface area (Å²) >= 11 is 0. The molecule has 0 saturated heterocycles. The van der Waals surface area contributed by atoms with Gasteiger partial charge in [-0.2, -0.15) is 0 Å². The quantitative estimate of drug-likeness (QED) is 0.653. The van der Waals surface area contributed by atoms with Gasteiger partial charge in [0.1, 0.15) is 5.75 Å². The van der Waals surface area contributed by atoms with Gasteiger partial charge in [0.2, 0.25) is 5.95 Å². The van der Waals surface area contributed by atoms with E-state index in [9.17, 15) is 0 Å². The van der Waals surface area contributed by atoms with Crippen molar-refractivity contribution >= 4 is 5.95 Å². The van der Waals surface area contributed by atoms with Crippen LogP contribution < -0.4 is 16.0 Å². The van der Waals surface area contributed by atoms with E-state index in [2.05, 4.69) is 21.5 Å². The summed E-state index contributed by atoms with van der Waals surface area (Å²) in [6, 6.07) is 6.02. The van der Waals surface area contributed by atoms with Gasteiger partial charge in [-0.25, -0.2) is 15.8 Å². The van der Waals surface area contributed by atoms with Crippen LogP contribution in [0.25, 0.3) is 11.3 Å². The van der Waals surface area contributed by atoms with Gasteiger partial charge in [0, 0.05) is 11.3 Å². The van der Waals surface area contributed by atoms with Gasteiger partial charge in [-0.05, 0) is 50.1 Å². The summed E-state index contributed by atoms with van der Waals surface area (Å²) in [5.74, 6) is 6.68. The van der Waals surface area contributed by atoms with E-state index in [0.29, 0.717) is 5.95 Å². The number of methoxy groups -OCH3 is 1. The lowest BCUT2D eigenvalue weighted by Gasteiger charge is -2.12. The third-order valence-electron chi connectivity index (χ3n) is 3.00. The molecule has 5 heteroatoms. The Morgan fingerprint density at radius 3 is 2.42 bits per heavy atom. The molecule has 0 amide bonds. The number of ether oxygens (including phenoxy) is 1. The van der Waals surface area contributed by atoms with Crippen LogP contribution in [0, 0.1) is 20.8 Å². The Balaban J connectivity index is 2.58. The summed E-state index contributed by atoms with van der Waals surface area (Å²) < 4.78 is 5.32. The van der Waals surface area contributed by atoms with Crippen LogP contribution in [-0.4, -0.2) is 17.1 Å². The fourth-order valence-corrected chi connectivity index (χ4v) is 2.06. The highest BCUT2D eigenvalue weighted by molar-refractivity contribution is 5.67. The minimum Gasteiger partial charge on any atom is -0.496 e. The van der Waals surface area contributed by atoms with Crippen molar-refractivity contribution in [3.63, 3.8) is 0 Å². The standard InChI is InChI=1S/C14H18N4O/c1-8-6-13(19-4)9(2)5-11(8)12-7-10(3)16-14(17-12)18-15/h5-7H,15H2,1-4H3,(H,16,17,18). The zero-order valence-electron chi connectivity index (χ0n) is 11.6. The third-order valence-corrected chi connectivity index (χ3v) is 3.00. The summed E-state index contributed by atoms with van der Waals surface area (Å²) in [7, 11) is 1.67. The van der Waals surface area contributed by atoms with E-state index in [4.69, 9.17) is 10.6 Å². The molecule has 1 aromatic carbocycles. The molecule has 2 aromatic rings. The Morgan fingerprint density at radius 2 is 1.79 bits per heavy atom. The summed E-state index contributed by atoms with van der Waals surface area (Å²) in [6.45, 7) is 5.96. The Bertz CT molecular complexity index is 611. The number of anilines is 1. The number of nitrogen functional groups attached to an aromatic ring is 1. The Kier molecular flexibility index (Phi) is 3.66. The molecule has 0 atom stereocenters. The van der Waals surface area contributed by atoms with Crippen LogP contribution in [0.1, 0.15) is 16.8 Å². The topological polar surface area (TPSA) is 73.1 Å². The minimum absolute atomic E-state index is 0.419. The Morgan fingerprint density at radius 1 is 1.05 bits per heavy atom. The number of hydrogen-bond donors (Lipinski definition) is 2. The minimum atomic E-state index is 0.419. The second kappa shape index (κ2) is 5.24. The molecular weight excluding hydrogens is 240 g/mol. The first-order chi connectivity index (χ1) is 9.05. The second-order valence-corrected chi connectivity index (χ2v) is 4.50. The predicted octanol–water partition coefficient (Wildman–Crippen LogP) is 2.36. The molecule has 3 N–H and O–H groups in total. The van der Waals surface area contributed by atoms with Crippen molar-refractivity contribution in [3.05, 3.63) is 35.0 Å². The van der Waals surface area contributed by atoms with E-state index in [0.717, 1.165) is 33.8 Å². The zero-order valence-corrected chi connectivity index (χ0v) is 11.6. The molecule has 0 radical (unpaired) electrons. The van der Waals surface area contributed by atoms with Crippen LogP contribution in [0.3, 0.4) is 0 Å². The largest absolute Gasteiger partial charge is 0.496 e. The first-order valence-corrected chi connectivity index (χ1v) is 6.03. The van der Waals surface area contributed by atoms with Gasteiger partial charge in [0.05, 0.1) is 12.8 Å². The van der Waals surface area contributed by atoms with Crippen molar-refractivity contribution in [2.45, 2.75) is 20.8 Å². The van der Waals surface area contributed by atoms with E-state index in [1.807, 2.05) is 32.9 Å². The van der Waals surface area contributed by atoms with E-state index >= 15 is 0 Å². The highest BCUT2D eigenvalue weighted by Crippen LogP contribution is 2.29. The zero-order chi connectivity index (χ0) is 14.0. The number of nitrogens with two attached hydrogens (primary N) is 1. The van der Waals surface area contributed by atoms with Gasteiger partial charge in [-0.1, -0.05) is 0 Å². The van der Waals surface area contributed by atoms with Crippen LogP contribution in [0.5, 0.6) is 5.75 Å². The predicted molar refractivity (Wildman–Crippen MR) is 76.0 cm³/mol. The molecule has 0 fully saturated rings. The van der Waals surface area contributed by atoms with E-state index in [1.165, 1.54) is 0 Å². The van der Waals surface area contributed by atoms with Crippen LogP contribution >= 0.6 is 0 Å². The van der Waals surface area contributed by atoms with Crippen molar-refractivity contribution in [1.29, 1.82) is 0 Å². The normalized spacial score (nSPS) is 10.4. The van der Waals surface area contributed by atoms with E-state index < -0.39 is 0 Å². The molecular formula is C14H18N4O. The Hall–Kier alpha value is -2.14. The van der Waals surface area contributed by atoms with E-state index in [1.54, 1.807) is 7.11 Å². The number of aryl methyl sites for hydroxylation is 3. The van der Waals surface area contributed by atoms with Crippen molar-refractivity contribution in [3.8, 4) is 17.0 Å². The fourth-order valence-electron chi connectivity index (χ4n) is 2.06. The molecule has 0 aliphatic rings. The van der Waals surface area contributed by atoms with Crippen LogP contribution in [0.4, 0.5) is 5.95 Å². The first kappa shape index (κ1) is 13.3. The van der Waals surface area contributed by atoms with Crippen LogP contribution in [0.2, 0.25) is 0 Å². The smallest absolute Gasteiger partial charge is 0.237 e. The monoisotopic (exact) mass is 258 g/mol. The number of rotatable bonds is 3. The first-order valence-electron chi connectivity index (χ1n) is 6.03. The third kappa shape index (κ3) is 2.66. The molecule has 0 bridgehead atoms. The average molecular weight is 258 g/mol. The van der Waals surface area contributed by atoms with Gasteiger partial charge in [-0.15, -0.1) is 0 Å². The summed E-state index contributed by atoms with van der Waals surface area (Å²) in [4.78, 5) is 8.58. The lowest BCUT2D eigenvalue weighted by molar-refractivity contribution is 0.411. The number of hydrazine groups is 1. The maximum Gasteiger partial charge on any atom is 0.237 e. The van der Waals surface area contributed by atoms with Gasteiger partial charge in [0.15, 0.2) is 0 Å². The molecule has 0 saturated carbocycles. The molecule has 1 aromatic heterocycles. The number of nitrogens with one attached hydrogen (secondary N) is 1. The van der Waals surface area contributed by atoms with Crippen LogP contribution in [0.15, 0.2) is 18.2 Å². The molecule has 0 aliphatic heterocycles. The number of aromatic nitrogens is 2. The van der Waals surface area contributed by atoms with Crippen molar-refractivity contribution in [1.82, 2.24) is 9.97 Å². The van der Waals surface area contributed by atoms with Crippen LogP contribution in [-0.2, 0) is 0 Å². The van der Waals surface area contributed by atoms with Gasteiger partial charge >= 0.3 is 0 Å². The molecule has 19 heavy (non-hydrogen) atoms. The fraction of sp³-hybridized carbons (Fsp3) is 0.286. The van der Waals surface area contributed by atoms with Crippen molar-refractivity contribution < 1.29 is 4.74 Å². The highest BCUT2D eigenvalue weighted by Gasteiger charge is 2.10. The number of nitrogens with zero attached hydrogens (tertiary/aromatic N) is 2. The average Bonchev–Trinajstić information content (AvgIpc) is 2.40. The second-order valence-electron chi connectivity index (χ2n) is 4.50. The lowest BCUT2D eigenvalue weighted by Crippen LogP contribution is -2.11. The van der Waals surface area contributed by atoms with Gasteiger partial charge in [0.25, 0.3) is 0 Å². The number of hydrogen-bond acceptors (Lipinski definition) is 5. The van der Waals surface area contributed by atoms with Crippen molar-refractivity contribution in [2.24, 2.45) is 5.84 Å². The maximum atomic E-state index is 5.38. The summed E-state index contributed by atoms with van der Waals surface area (Å²) in [5, 5.41) is 0. The molecule has 100 valence electrons. The SMILES string of the molecule is COc1cc(C)c(-c2cc(C)nc(NN)n2)cc1C. The summed E-state index contributed by atoms with van der Waals surface area (Å²) in [6.07, 6.45) is 0. The molecule has 1 heterocycles. The van der Waals surface area contributed by atoms with Crippen molar-refractivity contribution in [2.75, 3.05) is 12.5 Å². The highest BCUT2D eigenvalue weighted by atomic mass is 16.5. The number of benzene rings is 1. The molecule has 0 spiro atoms. The maximum absolute atomic E-state index is 5.38. The summed E-state index contributed by atoms with van der Waals surface area (Å²) in [5.41, 5.74) is 7.43. The molecule has 5 nitrogen and oxygen atoms in total. The lowest BCUT2D eigenvalue weighted by atomic mass is 10.0. The molecule has 2 rings (SSSR count). The van der Waals surface area contributed by atoms with Gasteiger partial charge in [-0.3, -0.25) is 5.43 Å².